The predicted octanol–water partition coefficient (Wildman–Crippen LogP) is 2.48. The second kappa shape index (κ2) is 6.27. The molecule has 3 rings (SSSR count). The van der Waals surface area contributed by atoms with Crippen molar-refractivity contribution in [1.82, 2.24) is 5.32 Å². The monoisotopic (exact) mass is 274 g/mol. The molecule has 1 aromatic carbocycles. The van der Waals surface area contributed by atoms with Gasteiger partial charge in [0.1, 0.15) is 5.75 Å². The van der Waals surface area contributed by atoms with Crippen molar-refractivity contribution in [3.63, 3.8) is 0 Å². The molecule has 1 heterocycles. The lowest BCUT2D eigenvalue weighted by molar-refractivity contribution is -0.118. The first-order valence-corrected chi connectivity index (χ1v) is 7.60. The highest BCUT2D eigenvalue weighted by molar-refractivity contribution is 5.95. The fraction of sp³-hybridized carbons (Fsp3) is 0.562. The van der Waals surface area contributed by atoms with Gasteiger partial charge in [0, 0.05) is 6.04 Å². The number of aryl methyl sites for hydroxylation is 1. The minimum Gasteiger partial charge on any atom is -0.482 e. The number of fused-ring (bicyclic) bond motifs is 1. The number of hydrogen-bond donors (Lipinski definition) is 2. The molecule has 2 aliphatic rings. The minimum atomic E-state index is -0.0717. The summed E-state index contributed by atoms with van der Waals surface area (Å²) in [6.45, 7) is 1.20. The van der Waals surface area contributed by atoms with Gasteiger partial charge in [-0.1, -0.05) is 18.9 Å². The van der Waals surface area contributed by atoms with Gasteiger partial charge in [0.15, 0.2) is 6.61 Å². The largest absolute Gasteiger partial charge is 0.482 e. The van der Waals surface area contributed by atoms with Crippen LogP contribution in [0.4, 0.5) is 5.69 Å². The molecule has 20 heavy (non-hydrogen) atoms. The highest BCUT2D eigenvalue weighted by Crippen LogP contribution is 2.28. The van der Waals surface area contributed by atoms with Crippen molar-refractivity contribution in [2.75, 3.05) is 18.5 Å². The zero-order valence-electron chi connectivity index (χ0n) is 11.8. The van der Waals surface area contributed by atoms with E-state index >= 15 is 0 Å². The summed E-state index contributed by atoms with van der Waals surface area (Å²) in [4.78, 5) is 11.3. The number of ether oxygens (including phenoxy) is 1. The van der Waals surface area contributed by atoms with Crippen molar-refractivity contribution >= 4 is 11.6 Å². The molecule has 1 amide bonds. The van der Waals surface area contributed by atoms with E-state index in [9.17, 15) is 4.79 Å². The molecule has 1 saturated carbocycles. The summed E-state index contributed by atoms with van der Waals surface area (Å²) >= 11 is 0. The van der Waals surface area contributed by atoms with E-state index in [2.05, 4.69) is 16.7 Å². The summed E-state index contributed by atoms with van der Waals surface area (Å²) in [5.41, 5.74) is 2.06. The molecule has 4 nitrogen and oxygen atoms in total. The summed E-state index contributed by atoms with van der Waals surface area (Å²) in [7, 11) is 0. The Hall–Kier alpha value is -1.55. The molecule has 4 heteroatoms. The van der Waals surface area contributed by atoms with Gasteiger partial charge >= 0.3 is 0 Å². The van der Waals surface area contributed by atoms with Crippen molar-refractivity contribution in [3.05, 3.63) is 23.8 Å². The summed E-state index contributed by atoms with van der Waals surface area (Å²) in [6.07, 6.45) is 7.59. The lowest BCUT2D eigenvalue weighted by Gasteiger charge is -2.18. The van der Waals surface area contributed by atoms with Gasteiger partial charge in [0.2, 0.25) is 0 Å². The van der Waals surface area contributed by atoms with Gasteiger partial charge in [-0.15, -0.1) is 0 Å². The zero-order chi connectivity index (χ0) is 13.8. The van der Waals surface area contributed by atoms with Gasteiger partial charge in [-0.25, -0.2) is 0 Å². The van der Waals surface area contributed by atoms with Crippen LogP contribution < -0.4 is 15.4 Å². The van der Waals surface area contributed by atoms with E-state index in [0.717, 1.165) is 36.9 Å². The average molecular weight is 274 g/mol. The topological polar surface area (TPSA) is 50.4 Å². The third-order valence-electron chi connectivity index (χ3n) is 4.11. The van der Waals surface area contributed by atoms with Crippen molar-refractivity contribution < 1.29 is 9.53 Å². The smallest absolute Gasteiger partial charge is 0.262 e. The Balaban J connectivity index is 1.47. The van der Waals surface area contributed by atoms with Crippen LogP contribution in [0.15, 0.2) is 18.2 Å². The van der Waals surface area contributed by atoms with E-state index in [1.807, 2.05) is 12.1 Å². The molecule has 0 atom stereocenters. The number of benzene rings is 1. The molecule has 0 saturated heterocycles. The molecule has 0 unspecified atom stereocenters. The Bertz CT molecular complexity index is 481. The number of carbonyl (C=O) groups excluding carboxylic acids is 1. The molecule has 0 spiro atoms. The van der Waals surface area contributed by atoms with Gasteiger partial charge in [-0.05, 0) is 49.9 Å². The number of rotatable bonds is 5. The quantitative estimate of drug-likeness (QED) is 0.811. The Morgan fingerprint density at radius 3 is 3.00 bits per heavy atom. The molecule has 1 fully saturated rings. The second-order valence-electron chi connectivity index (χ2n) is 5.71. The normalized spacial score (nSPS) is 18.5. The van der Waals surface area contributed by atoms with Crippen molar-refractivity contribution in [2.45, 2.75) is 44.6 Å². The molecule has 0 bridgehead atoms. The second-order valence-corrected chi connectivity index (χ2v) is 5.71. The first-order valence-electron chi connectivity index (χ1n) is 7.60. The predicted molar refractivity (Wildman–Crippen MR) is 79.1 cm³/mol. The van der Waals surface area contributed by atoms with E-state index < -0.39 is 0 Å². The lowest BCUT2D eigenvalue weighted by Crippen LogP contribution is -2.27. The SMILES string of the molecule is O=C1COc2ccc(CCCNC3CCCC3)cc2N1. The van der Waals surface area contributed by atoms with E-state index in [-0.39, 0.29) is 12.5 Å². The van der Waals surface area contributed by atoms with Gasteiger partial charge < -0.3 is 15.4 Å². The van der Waals surface area contributed by atoms with Crippen LogP contribution in [0.5, 0.6) is 5.75 Å². The summed E-state index contributed by atoms with van der Waals surface area (Å²) in [5, 5.41) is 6.48. The Morgan fingerprint density at radius 1 is 1.30 bits per heavy atom. The fourth-order valence-corrected chi connectivity index (χ4v) is 3.01. The number of carbonyl (C=O) groups is 1. The number of anilines is 1. The summed E-state index contributed by atoms with van der Waals surface area (Å²) in [5.74, 6) is 0.704. The Morgan fingerprint density at radius 2 is 2.15 bits per heavy atom. The van der Waals surface area contributed by atoms with Crippen molar-refractivity contribution in [1.29, 1.82) is 0 Å². The van der Waals surface area contributed by atoms with Gasteiger partial charge in [0.25, 0.3) is 5.91 Å². The maximum atomic E-state index is 11.3. The summed E-state index contributed by atoms with van der Waals surface area (Å²) < 4.78 is 5.36. The third-order valence-corrected chi connectivity index (χ3v) is 4.11. The van der Waals surface area contributed by atoms with Crippen LogP contribution in [0.1, 0.15) is 37.7 Å². The highest BCUT2D eigenvalue weighted by atomic mass is 16.5. The van der Waals surface area contributed by atoms with E-state index in [1.54, 1.807) is 0 Å². The van der Waals surface area contributed by atoms with Gasteiger partial charge in [-0.3, -0.25) is 4.79 Å². The first kappa shape index (κ1) is 13.4. The number of hydrogen-bond acceptors (Lipinski definition) is 3. The van der Waals surface area contributed by atoms with Crippen LogP contribution in [0.25, 0.3) is 0 Å². The van der Waals surface area contributed by atoms with Crippen LogP contribution in [0.3, 0.4) is 0 Å². The maximum absolute atomic E-state index is 11.3. The number of nitrogens with one attached hydrogen (secondary N) is 2. The minimum absolute atomic E-state index is 0.0717. The van der Waals surface area contributed by atoms with E-state index in [1.165, 1.54) is 31.2 Å². The zero-order valence-corrected chi connectivity index (χ0v) is 11.8. The van der Waals surface area contributed by atoms with Gasteiger partial charge in [0.05, 0.1) is 5.69 Å². The molecule has 108 valence electrons. The van der Waals surface area contributed by atoms with Crippen LogP contribution in [-0.2, 0) is 11.2 Å². The third kappa shape index (κ3) is 3.31. The fourth-order valence-electron chi connectivity index (χ4n) is 3.01. The molecule has 1 aliphatic heterocycles. The van der Waals surface area contributed by atoms with Crippen LogP contribution >= 0.6 is 0 Å². The molecule has 0 aromatic heterocycles. The molecular formula is C16H22N2O2. The first-order chi connectivity index (χ1) is 9.81. The van der Waals surface area contributed by atoms with Gasteiger partial charge in [-0.2, -0.15) is 0 Å². The van der Waals surface area contributed by atoms with E-state index in [0.29, 0.717) is 0 Å². The van der Waals surface area contributed by atoms with Crippen LogP contribution in [0, 0.1) is 0 Å². The standard InChI is InChI=1S/C16H22N2O2/c19-16-11-20-15-8-7-12(10-14(15)18-16)4-3-9-17-13-5-1-2-6-13/h7-8,10,13,17H,1-6,9,11H2,(H,18,19). The molecule has 2 N–H and O–H groups in total. The van der Waals surface area contributed by atoms with Crippen LogP contribution in [0.2, 0.25) is 0 Å². The maximum Gasteiger partial charge on any atom is 0.262 e. The number of amides is 1. The molecule has 0 radical (unpaired) electrons. The van der Waals surface area contributed by atoms with Crippen molar-refractivity contribution in [3.8, 4) is 5.75 Å². The Labute approximate surface area is 119 Å². The molecular weight excluding hydrogens is 252 g/mol. The highest BCUT2D eigenvalue weighted by Gasteiger charge is 2.16. The Kier molecular flexibility index (Phi) is 4.21. The van der Waals surface area contributed by atoms with E-state index in [4.69, 9.17) is 4.74 Å². The summed E-state index contributed by atoms with van der Waals surface area (Å²) in [6, 6.07) is 6.81. The average Bonchev–Trinajstić information content (AvgIpc) is 2.96. The lowest BCUT2D eigenvalue weighted by atomic mass is 10.1. The van der Waals surface area contributed by atoms with Crippen LogP contribution in [-0.4, -0.2) is 25.1 Å². The molecule has 1 aliphatic carbocycles. The molecule has 1 aromatic rings. The van der Waals surface area contributed by atoms with Crippen molar-refractivity contribution in [2.24, 2.45) is 0 Å².